The largest absolute Gasteiger partial charge is 0.475 e. The van der Waals surface area contributed by atoms with Crippen molar-refractivity contribution in [1.29, 1.82) is 0 Å². The third-order valence-corrected chi connectivity index (χ3v) is 8.12. The van der Waals surface area contributed by atoms with Crippen LogP contribution in [0.5, 0.6) is 5.88 Å². The summed E-state index contributed by atoms with van der Waals surface area (Å²) in [6.45, 7) is 4.65. The Balaban J connectivity index is 1.26. The second-order valence-electron chi connectivity index (χ2n) is 9.30. The van der Waals surface area contributed by atoms with E-state index in [9.17, 15) is 8.42 Å². The van der Waals surface area contributed by atoms with E-state index in [1.165, 1.54) is 11.8 Å². The Bertz CT molecular complexity index is 1290. The number of nitrogens with zero attached hydrogens (tertiary/aromatic N) is 4. The minimum atomic E-state index is -3.77. The smallest absolute Gasteiger partial charge is 0.263 e. The maximum absolute atomic E-state index is 13.1. The first-order valence-corrected chi connectivity index (χ1v) is 13.7. The second-order valence-corrected chi connectivity index (χ2v) is 11.0. The number of rotatable bonds is 10. The number of hydrogen-bond acceptors (Lipinski definition) is 8. The average molecular weight is 510 g/mol. The zero-order chi connectivity index (χ0) is 25.1. The molecule has 1 aromatic carbocycles. The van der Waals surface area contributed by atoms with E-state index in [2.05, 4.69) is 31.5 Å². The molecule has 1 aliphatic heterocycles. The lowest BCUT2D eigenvalue weighted by Gasteiger charge is -2.34. The fourth-order valence-corrected chi connectivity index (χ4v) is 5.44. The fourth-order valence-electron chi connectivity index (χ4n) is 4.39. The molecule has 190 valence electrons. The highest BCUT2D eigenvalue weighted by Gasteiger charge is 2.26. The van der Waals surface area contributed by atoms with Gasteiger partial charge in [-0.2, -0.15) is 0 Å². The number of ether oxygens (including phenoxy) is 2. The monoisotopic (exact) mass is 509 g/mol. The highest BCUT2D eigenvalue weighted by Crippen LogP contribution is 2.38. The topological polar surface area (TPSA) is 107 Å². The Morgan fingerprint density at radius 2 is 1.92 bits per heavy atom. The van der Waals surface area contributed by atoms with Crippen molar-refractivity contribution >= 4 is 15.8 Å². The molecule has 2 aliphatic rings. The first-order chi connectivity index (χ1) is 17.4. The molecule has 0 spiro atoms. The summed E-state index contributed by atoms with van der Waals surface area (Å²) < 4.78 is 39.2. The first-order valence-electron chi connectivity index (χ1n) is 12.2. The highest BCUT2D eigenvalue weighted by atomic mass is 32.2. The minimum absolute atomic E-state index is 0.123. The summed E-state index contributed by atoms with van der Waals surface area (Å²) >= 11 is 0. The van der Waals surface area contributed by atoms with Gasteiger partial charge in [0.1, 0.15) is 6.61 Å². The average Bonchev–Trinajstić information content (AvgIpc) is 3.74. The molecular weight excluding hydrogens is 478 g/mol. The predicted molar refractivity (Wildman–Crippen MR) is 135 cm³/mol. The predicted octanol–water partition coefficient (Wildman–Crippen LogP) is 3.69. The van der Waals surface area contributed by atoms with Crippen molar-refractivity contribution < 1.29 is 17.9 Å². The molecule has 0 saturated heterocycles. The van der Waals surface area contributed by atoms with Crippen molar-refractivity contribution in [3.8, 4) is 5.88 Å². The van der Waals surface area contributed by atoms with Crippen molar-refractivity contribution in [3.05, 3.63) is 71.3 Å². The third-order valence-electron chi connectivity index (χ3n) is 6.76. The van der Waals surface area contributed by atoms with Crippen molar-refractivity contribution in [2.75, 3.05) is 31.6 Å². The van der Waals surface area contributed by atoms with Gasteiger partial charge in [-0.25, -0.2) is 18.4 Å². The van der Waals surface area contributed by atoms with E-state index >= 15 is 0 Å². The summed E-state index contributed by atoms with van der Waals surface area (Å²) in [5.41, 5.74) is 4.19. The summed E-state index contributed by atoms with van der Waals surface area (Å²) in [6.07, 6.45) is 8.09. The zero-order valence-electron chi connectivity index (χ0n) is 20.6. The number of benzene rings is 1. The molecule has 0 radical (unpaired) electrons. The lowest BCUT2D eigenvalue weighted by Crippen LogP contribution is -2.33. The van der Waals surface area contributed by atoms with Crippen LogP contribution in [0.4, 0.5) is 5.82 Å². The van der Waals surface area contributed by atoms with E-state index in [1.54, 1.807) is 25.4 Å². The molecule has 36 heavy (non-hydrogen) atoms. The highest BCUT2D eigenvalue weighted by molar-refractivity contribution is 7.92. The Morgan fingerprint density at radius 1 is 1.06 bits per heavy atom. The maximum atomic E-state index is 13.1. The number of methoxy groups -OCH3 is 1. The van der Waals surface area contributed by atoms with E-state index in [1.807, 2.05) is 24.4 Å². The van der Waals surface area contributed by atoms with Crippen LogP contribution in [-0.2, 0) is 27.7 Å². The normalized spacial score (nSPS) is 16.8. The number of pyridine rings is 1. The molecule has 3 aromatic rings. The molecule has 0 amide bonds. The number of sulfonamides is 1. The van der Waals surface area contributed by atoms with E-state index in [0.717, 1.165) is 42.6 Å². The van der Waals surface area contributed by atoms with Crippen LogP contribution < -0.4 is 9.46 Å². The van der Waals surface area contributed by atoms with Crippen molar-refractivity contribution in [3.63, 3.8) is 0 Å². The quantitative estimate of drug-likeness (QED) is 0.413. The summed E-state index contributed by atoms with van der Waals surface area (Å²) in [4.78, 5) is 15.6. The van der Waals surface area contributed by atoms with Crippen LogP contribution in [0.15, 0.2) is 53.8 Å². The molecule has 9 nitrogen and oxygen atoms in total. The molecule has 1 N–H and O–H groups in total. The van der Waals surface area contributed by atoms with Crippen molar-refractivity contribution in [2.24, 2.45) is 0 Å². The number of aromatic nitrogens is 3. The Kier molecular flexibility index (Phi) is 7.17. The number of fused-ring (bicyclic) bond motifs is 1. The van der Waals surface area contributed by atoms with Gasteiger partial charge in [0.05, 0.1) is 29.6 Å². The van der Waals surface area contributed by atoms with Gasteiger partial charge in [-0.05, 0) is 55.0 Å². The molecule has 2 aromatic heterocycles. The molecule has 1 unspecified atom stereocenters. The maximum Gasteiger partial charge on any atom is 0.263 e. The van der Waals surface area contributed by atoms with E-state index in [-0.39, 0.29) is 16.8 Å². The van der Waals surface area contributed by atoms with Crippen LogP contribution in [-0.4, -0.2) is 55.1 Å². The zero-order valence-corrected chi connectivity index (χ0v) is 21.4. The molecule has 3 heterocycles. The van der Waals surface area contributed by atoms with Crippen LogP contribution in [0.3, 0.4) is 0 Å². The summed E-state index contributed by atoms with van der Waals surface area (Å²) in [5.74, 6) is 1.27. The van der Waals surface area contributed by atoms with Crippen LogP contribution in [0, 0.1) is 0 Å². The number of anilines is 1. The summed E-state index contributed by atoms with van der Waals surface area (Å²) in [7, 11) is -2.14. The molecule has 0 bridgehead atoms. The molecular formula is C26H31N5O4S. The van der Waals surface area contributed by atoms with E-state index < -0.39 is 10.0 Å². The van der Waals surface area contributed by atoms with Crippen LogP contribution in [0.25, 0.3) is 0 Å². The van der Waals surface area contributed by atoms with Crippen molar-refractivity contribution in [1.82, 2.24) is 19.9 Å². The van der Waals surface area contributed by atoms with Gasteiger partial charge in [0.2, 0.25) is 5.88 Å². The molecule has 5 rings (SSSR count). The van der Waals surface area contributed by atoms with Crippen LogP contribution >= 0.6 is 0 Å². The molecule has 1 aliphatic carbocycles. The van der Waals surface area contributed by atoms with Gasteiger partial charge in [-0.1, -0.05) is 12.1 Å². The van der Waals surface area contributed by atoms with Gasteiger partial charge in [0, 0.05) is 44.4 Å². The van der Waals surface area contributed by atoms with Gasteiger partial charge in [-0.3, -0.25) is 14.6 Å². The van der Waals surface area contributed by atoms with Gasteiger partial charge >= 0.3 is 0 Å². The van der Waals surface area contributed by atoms with E-state index in [0.29, 0.717) is 31.6 Å². The SMILES string of the molecule is COCCOc1ccc(C(C)N2CCc3ccc(S(=O)(=O)Nc4cnc(C5CC5)cn4)cc3C2)cn1. The third kappa shape index (κ3) is 5.66. The summed E-state index contributed by atoms with van der Waals surface area (Å²) in [5, 5.41) is 0. The molecule has 1 saturated carbocycles. The lowest BCUT2D eigenvalue weighted by atomic mass is 9.97. The van der Waals surface area contributed by atoms with Crippen molar-refractivity contribution in [2.45, 2.75) is 49.6 Å². The lowest BCUT2D eigenvalue weighted by molar-refractivity contribution is 0.143. The van der Waals surface area contributed by atoms with Gasteiger partial charge < -0.3 is 9.47 Å². The Morgan fingerprint density at radius 3 is 2.61 bits per heavy atom. The fraction of sp³-hybridized carbons (Fsp3) is 0.423. The van der Waals surface area contributed by atoms with E-state index in [4.69, 9.17) is 9.47 Å². The Hall–Kier alpha value is -3.08. The molecule has 1 atom stereocenters. The van der Waals surface area contributed by atoms with Crippen LogP contribution in [0.2, 0.25) is 0 Å². The number of nitrogens with one attached hydrogen (secondary N) is 1. The first kappa shape index (κ1) is 24.6. The number of hydrogen-bond donors (Lipinski definition) is 1. The molecule has 10 heteroatoms. The minimum Gasteiger partial charge on any atom is -0.475 e. The van der Waals surface area contributed by atoms with Gasteiger partial charge in [0.25, 0.3) is 10.0 Å². The van der Waals surface area contributed by atoms with Gasteiger partial charge in [0.15, 0.2) is 5.82 Å². The Labute approximate surface area is 212 Å². The van der Waals surface area contributed by atoms with Gasteiger partial charge in [-0.15, -0.1) is 0 Å². The summed E-state index contributed by atoms with van der Waals surface area (Å²) in [6, 6.07) is 9.37. The second kappa shape index (κ2) is 10.5. The molecule has 1 fully saturated rings. The standard InChI is InChI=1S/C26H31N5O4S/c1-18(21-6-8-26(29-14-21)35-12-11-34-2)31-10-9-19-5-7-23(13-22(19)17-31)36(32,33)30-25-16-27-24(15-28-25)20-3-4-20/h5-8,13-16,18,20H,3-4,9-12,17H2,1-2H3,(H,28,30). The van der Waals surface area contributed by atoms with Crippen LogP contribution in [0.1, 0.15) is 54.1 Å².